The lowest BCUT2D eigenvalue weighted by Gasteiger charge is -2.39. The second-order valence-corrected chi connectivity index (χ2v) is 6.21. The summed E-state index contributed by atoms with van der Waals surface area (Å²) < 4.78 is 1.05. The van der Waals surface area contributed by atoms with Crippen LogP contribution in [0, 0.1) is 0 Å². The van der Waals surface area contributed by atoms with E-state index in [1.54, 1.807) is 0 Å². The van der Waals surface area contributed by atoms with Gasteiger partial charge >= 0.3 is 0 Å². The molecule has 0 radical (unpaired) electrons. The average molecular weight is 352 g/mol. The van der Waals surface area contributed by atoms with Crippen molar-refractivity contribution < 1.29 is 0 Å². The van der Waals surface area contributed by atoms with E-state index in [0.29, 0.717) is 6.04 Å². The van der Waals surface area contributed by atoms with Crippen molar-refractivity contribution >= 4 is 33.2 Å². The molecule has 0 bridgehead atoms. The second kappa shape index (κ2) is 6.17. The van der Waals surface area contributed by atoms with Crippen molar-refractivity contribution in [1.82, 2.24) is 5.32 Å². The first-order valence-electron chi connectivity index (χ1n) is 6.73. The minimum absolute atomic E-state index is 0.349. The lowest BCUT2D eigenvalue weighted by molar-refractivity contribution is 0.489. The predicted molar refractivity (Wildman–Crippen MR) is 88.6 cm³/mol. The van der Waals surface area contributed by atoms with Crippen LogP contribution in [0.1, 0.15) is 11.6 Å². The van der Waals surface area contributed by atoms with Crippen LogP contribution in [0.2, 0.25) is 5.02 Å². The number of hydrogen-bond donors (Lipinski definition) is 1. The summed E-state index contributed by atoms with van der Waals surface area (Å²) in [6.07, 6.45) is 0. The molecule has 20 heavy (non-hydrogen) atoms. The highest BCUT2D eigenvalue weighted by Gasteiger charge is 2.25. The lowest BCUT2D eigenvalue weighted by Crippen LogP contribution is -2.46. The monoisotopic (exact) mass is 350 g/mol. The molecule has 2 nitrogen and oxygen atoms in total. The van der Waals surface area contributed by atoms with Gasteiger partial charge in [0.25, 0.3) is 0 Å². The predicted octanol–water partition coefficient (Wildman–Crippen LogP) is 4.25. The zero-order valence-electron chi connectivity index (χ0n) is 11.0. The van der Waals surface area contributed by atoms with Gasteiger partial charge < -0.3 is 10.2 Å². The van der Waals surface area contributed by atoms with Gasteiger partial charge in [0.1, 0.15) is 0 Å². The Hall–Kier alpha value is -1.03. The summed E-state index contributed by atoms with van der Waals surface area (Å²) in [7, 11) is 0. The fraction of sp³-hybridized carbons (Fsp3) is 0.250. The summed E-state index contributed by atoms with van der Waals surface area (Å²) in [5.74, 6) is 0. The molecule has 0 amide bonds. The fourth-order valence-corrected chi connectivity index (χ4v) is 3.59. The van der Waals surface area contributed by atoms with Gasteiger partial charge in [-0.3, -0.25) is 0 Å². The fourth-order valence-electron chi connectivity index (χ4n) is 2.68. The van der Waals surface area contributed by atoms with E-state index < -0.39 is 0 Å². The molecule has 1 saturated heterocycles. The van der Waals surface area contributed by atoms with E-state index in [-0.39, 0.29) is 0 Å². The summed E-state index contributed by atoms with van der Waals surface area (Å²) in [4.78, 5) is 2.44. The van der Waals surface area contributed by atoms with E-state index in [1.165, 1.54) is 11.3 Å². The largest absolute Gasteiger partial charge is 0.361 e. The molecule has 0 saturated carbocycles. The van der Waals surface area contributed by atoms with E-state index in [2.05, 4.69) is 62.5 Å². The normalized spacial score (nSPS) is 19.1. The highest BCUT2D eigenvalue weighted by atomic mass is 79.9. The molecule has 1 aliphatic rings. The van der Waals surface area contributed by atoms with Crippen LogP contribution in [0.4, 0.5) is 5.69 Å². The van der Waals surface area contributed by atoms with Crippen molar-refractivity contribution in [2.24, 2.45) is 0 Å². The van der Waals surface area contributed by atoms with Gasteiger partial charge in [0.15, 0.2) is 0 Å². The quantitative estimate of drug-likeness (QED) is 0.870. The zero-order valence-corrected chi connectivity index (χ0v) is 13.4. The summed E-state index contributed by atoms with van der Waals surface area (Å²) >= 11 is 9.68. The third kappa shape index (κ3) is 2.85. The van der Waals surface area contributed by atoms with Gasteiger partial charge in [-0.15, -0.1) is 0 Å². The Balaban J connectivity index is 1.97. The molecule has 0 aliphatic carbocycles. The first-order valence-corrected chi connectivity index (χ1v) is 7.90. The van der Waals surface area contributed by atoms with Gasteiger partial charge in [0, 0.05) is 29.1 Å². The number of halogens is 2. The number of hydrogen-bond acceptors (Lipinski definition) is 2. The van der Waals surface area contributed by atoms with Gasteiger partial charge in [-0.1, -0.05) is 41.9 Å². The Morgan fingerprint density at radius 2 is 1.95 bits per heavy atom. The molecule has 2 aromatic carbocycles. The van der Waals surface area contributed by atoms with Crippen LogP contribution in [0.3, 0.4) is 0 Å². The van der Waals surface area contributed by atoms with Crippen LogP contribution in [0.25, 0.3) is 0 Å². The lowest BCUT2D eigenvalue weighted by atomic mass is 10.0. The minimum atomic E-state index is 0.349. The number of piperazine rings is 1. The Morgan fingerprint density at radius 1 is 1.15 bits per heavy atom. The minimum Gasteiger partial charge on any atom is -0.361 e. The molecule has 2 aromatic rings. The third-order valence-electron chi connectivity index (χ3n) is 3.65. The van der Waals surface area contributed by atoms with Crippen molar-refractivity contribution in [2.45, 2.75) is 6.04 Å². The summed E-state index contributed by atoms with van der Waals surface area (Å²) in [5.41, 5.74) is 2.53. The maximum atomic E-state index is 6.05. The molecular weight excluding hydrogens is 336 g/mol. The number of nitrogens with one attached hydrogen (secondary N) is 1. The Bertz CT molecular complexity index is 588. The van der Waals surface area contributed by atoms with Crippen molar-refractivity contribution in [2.75, 3.05) is 24.5 Å². The van der Waals surface area contributed by atoms with E-state index in [9.17, 15) is 0 Å². The second-order valence-electron chi connectivity index (χ2n) is 4.92. The molecule has 1 N–H and O–H groups in total. The molecule has 104 valence electrons. The molecule has 4 heteroatoms. The van der Waals surface area contributed by atoms with Crippen LogP contribution in [-0.4, -0.2) is 19.6 Å². The molecule has 1 aliphatic heterocycles. The third-order valence-corrected chi connectivity index (χ3v) is 4.52. The topological polar surface area (TPSA) is 15.3 Å². The van der Waals surface area contributed by atoms with Crippen molar-refractivity contribution in [1.29, 1.82) is 0 Å². The van der Waals surface area contributed by atoms with Gasteiger partial charge in [-0.25, -0.2) is 0 Å². The van der Waals surface area contributed by atoms with Crippen LogP contribution >= 0.6 is 27.5 Å². The van der Waals surface area contributed by atoms with Gasteiger partial charge in [-0.2, -0.15) is 0 Å². The Kier molecular flexibility index (Phi) is 4.29. The number of anilines is 1. The molecule has 0 spiro atoms. The number of nitrogens with zero attached hydrogens (tertiary/aromatic N) is 1. The molecule has 0 aromatic heterocycles. The molecule has 1 fully saturated rings. The average Bonchev–Trinajstić information content (AvgIpc) is 2.48. The van der Waals surface area contributed by atoms with E-state index in [1.807, 2.05) is 12.1 Å². The number of benzene rings is 2. The van der Waals surface area contributed by atoms with Crippen LogP contribution in [0.15, 0.2) is 53.0 Å². The van der Waals surface area contributed by atoms with Crippen LogP contribution in [-0.2, 0) is 0 Å². The van der Waals surface area contributed by atoms with E-state index in [0.717, 1.165) is 29.1 Å². The first-order chi connectivity index (χ1) is 9.75. The summed E-state index contributed by atoms with van der Waals surface area (Å²) in [6, 6.07) is 17.0. The van der Waals surface area contributed by atoms with E-state index in [4.69, 9.17) is 11.6 Å². The SMILES string of the molecule is Clc1ccc(N2CCNCC2c2ccccc2)c(Br)c1. The molecule has 3 rings (SSSR count). The standard InChI is InChI=1S/C16H16BrClN2/c17-14-10-13(18)6-7-15(14)20-9-8-19-11-16(20)12-4-2-1-3-5-12/h1-7,10,16,19H,8-9,11H2. The first kappa shape index (κ1) is 13.9. The van der Waals surface area contributed by atoms with Crippen molar-refractivity contribution in [3.8, 4) is 0 Å². The Labute approximate surface area is 132 Å². The van der Waals surface area contributed by atoms with Crippen LogP contribution in [0.5, 0.6) is 0 Å². The van der Waals surface area contributed by atoms with Gasteiger partial charge in [0.2, 0.25) is 0 Å². The zero-order chi connectivity index (χ0) is 13.9. The van der Waals surface area contributed by atoms with Gasteiger partial charge in [0.05, 0.1) is 11.7 Å². The molecular formula is C16H16BrClN2. The highest BCUT2D eigenvalue weighted by molar-refractivity contribution is 9.10. The summed E-state index contributed by atoms with van der Waals surface area (Å²) in [5, 5.41) is 4.24. The van der Waals surface area contributed by atoms with Crippen LogP contribution < -0.4 is 10.2 Å². The highest BCUT2D eigenvalue weighted by Crippen LogP contribution is 2.35. The molecule has 1 heterocycles. The van der Waals surface area contributed by atoms with E-state index >= 15 is 0 Å². The molecule has 1 unspecified atom stereocenters. The van der Waals surface area contributed by atoms with Crippen molar-refractivity contribution in [3.05, 3.63) is 63.6 Å². The number of rotatable bonds is 2. The molecule has 1 atom stereocenters. The van der Waals surface area contributed by atoms with Gasteiger partial charge in [-0.05, 0) is 39.7 Å². The smallest absolute Gasteiger partial charge is 0.0667 e. The summed E-state index contributed by atoms with van der Waals surface area (Å²) in [6.45, 7) is 2.94. The van der Waals surface area contributed by atoms with Crippen molar-refractivity contribution in [3.63, 3.8) is 0 Å². The Morgan fingerprint density at radius 3 is 2.70 bits per heavy atom. The maximum Gasteiger partial charge on any atom is 0.0667 e. The maximum absolute atomic E-state index is 6.05.